The third kappa shape index (κ3) is 2.85. The molecule has 0 aromatic heterocycles. The fourth-order valence-electron chi connectivity index (χ4n) is 2.24. The molecule has 1 unspecified atom stereocenters. The summed E-state index contributed by atoms with van der Waals surface area (Å²) in [6.45, 7) is 4.88. The maximum Gasteiger partial charge on any atom is 0.240 e. The van der Waals surface area contributed by atoms with Crippen LogP contribution in [0.25, 0.3) is 0 Å². The van der Waals surface area contributed by atoms with Crippen LogP contribution in [0.1, 0.15) is 6.92 Å². The molecular weight excluding hydrogens is 236 g/mol. The SMILES string of the molecule is CC(C(=O)N1CCNCC1)N1CC(=O)NC(=O)C1. The van der Waals surface area contributed by atoms with Gasteiger partial charge in [-0.3, -0.25) is 24.6 Å². The highest BCUT2D eigenvalue weighted by Gasteiger charge is 2.32. The summed E-state index contributed by atoms with van der Waals surface area (Å²) in [6.07, 6.45) is 0. The minimum Gasteiger partial charge on any atom is -0.339 e. The van der Waals surface area contributed by atoms with Crippen molar-refractivity contribution in [2.24, 2.45) is 0 Å². The number of carbonyl (C=O) groups is 3. The quantitative estimate of drug-likeness (QED) is 0.545. The van der Waals surface area contributed by atoms with E-state index in [-0.39, 0.29) is 30.8 Å². The van der Waals surface area contributed by atoms with Crippen molar-refractivity contribution < 1.29 is 14.4 Å². The number of amides is 3. The Bertz CT molecular complexity index is 349. The van der Waals surface area contributed by atoms with Crippen LogP contribution in [0.15, 0.2) is 0 Å². The lowest BCUT2D eigenvalue weighted by Crippen LogP contribution is -2.59. The number of hydrogen-bond acceptors (Lipinski definition) is 5. The summed E-state index contributed by atoms with van der Waals surface area (Å²) in [5, 5.41) is 5.40. The molecule has 2 saturated heterocycles. The number of hydrogen-bond donors (Lipinski definition) is 2. The standard InChI is InChI=1S/C11H18N4O3/c1-8(11(18)14-4-2-12-3-5-14)15-6-9(16)13-10(17)7-15/h8,12H,2-7H2,1H3,(H,13,16,17). The molecule has 2 aliphatic heterocycles. The van der Waals surface area contributed by atoms with E-state index in [2.05, 4.69) is 10.6 Å². The smallest absolute Gasteiger partial charge is 0.240 e. The highest BCUT2D eigenvalue weighted by atomic mass is 16.2. The van der Waals surface area contributed by atoms with Crippen LogP contribution in [-0.2, 0) is 14.4 Å². The van der Waals surface area contributed by atoms with Crippen molar-refractivity contribution in [1.29, 1.82) is 0 Å². The van der Waals surface area contributed by atoms with Crippen LogP contribution in [0.4, 0.5) is 0 Å². The predicted molar refractivity (Wildman–Crippen MR) is 63.6 cm³/mol. The number of rotatable bonds is 2. The monoisotopic (exact) mass is 254 g/mol. The first-order valence-corrected chi connectivity index (χ1v) is 6.14. The topological polar surface area (TPSA) is 81.8 Å². The molecule has 2 N–H and O–H groups in total. The van der Waals surface area contributed by atoms with Crippen LogP contribution in [0.5, 0.6) is 0 Å². The molecule has 0 bridgehead atoms. The Morgan fingerprint density at radius 3 is 2.28 bits per heavy atom. The average molecular weight is 254 g/mol. The fourth-order valence-corrected chi connectivity index (χ4v) is 2.24. The summed E-state index contributed by atoms with van der Waals surface area (Å²) >= 11 is 0. The molecule has 0 aromatic rings. The first kappa shape index (κ1) is 13.0. The van der Waals surface area contributed by atoms with Crippen LogP contribution in [-0.4, -0.2) is 72.8 Å². The molecule has 7 nitrogen and oxygen atoms in total. The molecule has 7 heteroatoms. The number of nitrogens with zero attached hydrogens (tertiary/aromatic N) is 2. The number of carbonyl (C=O) groups excluding carboxylic acids is 3. The maximum absolute atomic E-state index is 12.2. The van der Waals surface area contributed by atoms with Gasteiger partial charge in [0.15, 0.2) is 0 Å². The van der Waals surface area contributed by atoms with Gasteiger partial charge in [0.05, 0.1) is 19.1 Å². The Morgan fingerprint density at radius 1 is 1.17 bits per heavy atom. The van der Waals surface area contributed by atoms with Gasteiger partial charge >= 0.3 is 0 Å². The summed E-state index contributed by atoms with van der Waals surface area (Å²) in [4.78, 5) is 38.2. The second-order valence-electron chi connectivity index (χ2n) is 4.63. The number of piperazine rings is 2. The zero-order valence-corrected chi connectivity index (χ0v) is 10.4. The molecular formula is C11H18N4O3. The van der Waals surface area contributed by atoms with Gasteiger partial charge in [0, 0.05) is 26.2 Å². The molecule has 2 heterocycles. The normalized spacial score (nSPS) is 23.7. The minimum atomic E-state index is -0.432. The maximum atomic E-state index is 12.2. The third-order valence-electron chi connectivity index (χ3n) is 3.31. The van der Waals surface area contributed by atoms with E-state index in [0.717, 1.165) is 13.1 Å². The minimum absolute atomic E-state index is 0.0148. The van der Waals surface area contributed by atoms with Crippen molar-refractivity contribution in [2.75, 3.05) is 39.3 Å². The zero-order chi connectivity index (χ0) is 13.1. The Morgan fingerprint density at radius 2 is 1.72 bits per heavy atom. The Hall–Kier alpha value is -1.47. The lowest BCUT2D eigenvalue weighted by molar-refractivity contribution is -0.142. The molecule has 0 saturated carbocycles. The molecule has 2 aliphatic rings. The van der Waals surface area contributed by atoms with Gasteiger partial charge in [0.2, 0.25) is 17.7 Å². The Balaban J connectivity index is 1.96. The van der Waals surface area contributed by atoms with Crippen LogP contribution in [0.2, 0.25) is 0 Å². The van der Waals surface area contributed by atoms with E-state index in [1.165, 1.54) is 0 Å². The molecule has 2 rings (SSSR count). The zero-order valence-electron chi connectivity index (χ0n) is 10.4. The molecule has 18 heavy (non-hydrogen) atoms. The van der Waals surface area contributed by atoms with Crippen LogP contribution in [0, 0.1) is 0 Å². The second-order valence-corrected chi connectivity index (χ2v) is 4.63. The van der Waals surface area contributed by atoms with Gasteiger partial charge in [-0.05, 0) is 6.92 Å². The average Bonchev–Trinajstić information content (AvgIpc) is 2.37. The van der Waals surface area contributed by atoms with Gasteiger partial charge in [-0.15, -0.1) is 0 Å². The number of imide groups is 1. The Labute approximate surface area is 105 Å². The molecule has 0 radical (unpaired) electrons. The summed E-state index contributed by atoms with van der Waals surface area (Å²) in [7, 11) is 0. The molecule has 100 valence electrons. The summed E-state index contributed by atoms with van der Waals surface area (Å²) < 4.78 is 0. The van der Waals surface area contributed by atoms with Gasteiger partial charge in [-0.25, -0.2) is 0 Å². The first-order valence-electron chi connectivity index (χ1n) is 6.14. The molecule has 0 spiro atoms. The van der Waals surface area contributed by atoms with Gasteiger partial charge in [0.25, 0.3) is 0 Å². The van der Waals surface area contributed by atoms with E-state index in [1.54, 1.807) is 16.7 Å². The van der Waals surface area contributed by atoms with Gasteiger partial charge in [0.1, 0.15) is 0 Å². The summed E-state index contributed by atoms with van der Waals surface area (Å²) in [6, 6.07) is -0.432. The van der Waals surface area contributed by atoms with E-state index in [4.69, 9.17) is 0 Å². The lowest BCUT2D eigenvalue weighted by Gasteiger charge is -2.35. The van der Waals surface area contributed by atoms with Crippen molar-refractivity contribution >= 4 is 17.7 Å². The molecule has 2 fully saturated rings. The third-order valence-corrected chi connectivity index (χ3v) is 3.31. The van der Waals surface area contributed by atoms with Crippen LogP contribution < -0.4 is 10.6 Å². The fraction of sp³-hybridized carbons (Fsp3) is 0.727. The largest absolute Gasteiger partial charge is 0.339 e. The number of nitrogens with one attached hydrogen (secondary N) is 2. The van der Waals surface area contributed by atoms with Crippen molar-refractivity contribution in [3.05, 3.63) is 0 Å². The first-order chi connectivity index (χ1) is 8.58. The highest BCUT2D eigenvalue weighted by Crippen LogP contribution is 2.07. The molecule has 0 aromatic carbocycles. The van der Waals surface area contributed by atoms with Crippen LogP contribution in [0.3, 0.4) is 0 Å². The summed E-state index contributed by atoms with van der Waals surface area (Å²) in [5.74, 6) is -0.698. The Kier molecular flexibility index (Phi) is 3.93. The van der Waals surface area contributed by atoms with E-state index in [9.17, 15) is 14.4 Å². The molecule has 3 amide bonds. The second kappa shape index (κ2) is 5.45. The van der Waals surface area contributed by atoms with Crippen molar-refractivity contribution in [3.8, 4) is 0 Å². The van der Waals surface area contributed by atoms with Gasteiger partial charge in [-0.1, -0.05) is 0 Å². The molecule has 0 aliphatic carbocycles. The predicted octanol–water partition coefficient (Wildman–Crippen LogP) is -2.23. The van der Waals surface area contributed by atoms with Gasteiger partial charge < -0.3 is 10.2 Å². The van der Waals surface area contributed by atoms with E-state index >= 15 is 0 Å². The molecule has 1 atom stereocenters. The summed E-state index contributed by atoms with van der Waals surface area (Å²) in [5.41, 5.74) is 0. The van der Waals surface area contributed by atoms with Crippen molar-refractivity contribution in [1.82, 2.24) is 20.4 Å². The van der Waals surface area contributed by atoms with E-state index in [1.807, 2.05) is 0 Å². The van der Waals surface area contributed by atoms with Crippen molar-refractivity contribution in [2.45, 2.75) is 13.0 Å². The lowest BCUT2D eigenvalue weighted by atomic mass is 10.2. The van der Waals surface area contributed by atoms with Gasteiger partial charge in [-0.2, -0.15) is 0 Å². The van der Waals surface area contributed by atoms with Crippen LogP contribution >= 0.6 is 0 Å². The highest BCUT2D eigenvalue weighted by molar-refractivity contribution is 6.00. The van der Waals surface area contributed by atoms with E-state index < -0.39 is 6.04 Å². The van der Waals surface area contributed by atoms with E-state index in [0.29, 0.717) is 13.1 Å². The van der Waals surface area contributed by atoms with Crippen molar-refractivity contribution in [3.63, 3.8) is 0 Å².